The largest absolute Gasteiger partial charge is 0.322 e. The Hall–Kier alpha value is -1.82. The van der Waals surface area contributed by atoms with Gasteiger partial charge in [0.05, 0.1) is 16.3 Å². The van der Waals surface area contributed by atoms with Crippen molar-refractivity contribution in [2.24, 2.45) is 0 Å². The lowest BCUT2D eigenvalue weighted by Gasteiger charge is -2.11. The molecule has 0 aliphatic carbocycles. The van der Waals surface area contributed by atoms with Crippen LogP contribution < -0.4 is 5.32 Å². The molecule has 0 aliphatic heterocycles. The zero-order chi connectivity index (χ0) is 17.8. The molecule has 3 aromatic rings. The second kappa shape index (κ2) is 8.04. The maximum atomic E-state index is 12.7. The van der Waals surface area contributed by atoms with Crippen LogP contribution in [0.5, 0.6) is 0 Å². The van der Waals surface area contributed by atoms with Crippen LogP contribution in [0.1, 0.15) is 26.6 Å². The quantitative estimate of drug-likeness (QED) is 0.548. The molecule has 0 fully saturated rings. The molecule has 3 nitrogen and oxygen atoms in total. The number of thiazole rings is 1. The lowest BCUT2D eigenvalue weighted by Crippen LogP contribution is -2.13. The highest BCUT2D eigenvalue weighted by Gasteiger charge is 2.13. The fraction of sp³-hybridized carbons (Fsp3) is 0.158. The minimum Gasteiger partial charge on any atom is -0.322 e. The first-order valence-electron chi connectivity index (χ1n) is 7.73. The van der Waals surface area contributed by atoms with Crippen LogP contribution in [0.15, 0.2) is 52.7 Å². The number of thioether (sulfide) groups is 1. The number of amides is 1. The summed E-state index contributed by atoms with van der Waals surface area (Å²) in [5.41, 5.74) is 3.39. The van der Waals surface area contributed by atoms with Gasteiger partial charge in [-0.3, -0.25) is 4.79 Å². The lowest BCUT2D eigenvalue weighted by molar-refractivity contribution is 0.102. The first-order valence-corrected chi connectivity index (χ1v) is 9.97. The molecule has 0 spiro atoms. The molecule has 0 saturated carbocycles. The van der Waals surface area contributed by atoms with Crippen LogP contribution in [-0.2, 0) is 5.75 Å². The fourth-order valence-corrected chi connectivity index (χ4v) is 4.16. The number of aromatic nitrogens is 1. The predicted octanol–water partition coefficient (Wildman–Crippen LogP) is 5.96. The summed E-state index contributed by atoms with van der Waals surface area (Å²) in [5, 5.41) is 6.67. The molecule has 0 saturated heterocycles. The van der Waals surface area contributed by atoms with E-state index in [1.54, 1.807) is 29.2 Å². The molecule has 128 valence electrons. The molecular formula is C19H17ClN2OS2. The van der Waals surface area contributed by atoms with Gasteiger partial charge in [0, 0.05) is 26.7 Å². The Morgan fingerprint density at radius 2 is 2.04 bits per heavy atom. The van der Waals surface area contributed by atoms with Crippen LogP contribution in [0, 0.1) is 13.8 Å². The fourth-order valence-electron chi connectivity index (χ4n) is 2.32. The number of aryl methyl sites for hydroxylation is 2. The number of halogens is 1. The van der Waals surface area contributed by atoms with E-state index in [9.17, 15) is 4.79 Å². The van der Waals surface area contributed by atoms with Crippen LogP contribution in [0.25, 0.3) is 0 Å². The molecule has 1 heterocycles. The molecule has 0 bridgehead atoms. The van der Waals surface area contributed by atoms with Crippen molar-refractivity contribution in [1.82, 2.24) is 4.98 Å². The topological polar surface area (TPSA) is 42.0 Å². The zero-order valence-corrected chi connectivity index (χ0v) is 16.3. The van der Waals surface area contributed by atoms with E-state index in [-0.39, 0.29) is 5.91 Å². The normalized spacial score (nSPS) is 10.7. The van der Waals surface area contributed by atoms with E-state index in [4.69, 9.17) is 11.6 Å². The Balaban J connectivity index is 1.77. The van der Waals surface area contributed by atoms with Crippen molar-refractivity contribution < 1.29 is 4.79 Å². The number of rotatable bonds is 5. The number of carbonyl (C=O) groups excluding carboxylic acids is 1. The number of benzene rings is 2. The maximum Gasteiger partial charge on any atom is 0.256 e. The zero-order valence-electron chi connectivity index (χ0n) is 13.9. The van der Waals surface area contributed by atoms with Crippen LogP contribution in [-0.4, -0.2) is 10.9 Å². The molecule has 1 aromatic heterocycles. The average Bonchev–Trinajstić information content (AvgIpc) is 3.02. The van der Waals surface area contributed by atoms with E-state index >= 15 is 0 Å². The molecule has 2 aromatic carbocycles. The van der Waals surface area contributed by atoms with Gasteiger partial charge >= 0.3 is 0 Å². The first kappa shape index (κ1) is 18.0. The molecular weight excluding hydrogens is 372 g/mol. The van der Waals surface area contributed by atoms with Crippen LogP contribution in [0.3, 0.4) is 0 Å². The first-order chi connectivity index (χ1) is 12.0. The standard InChI is InChI=1S/C19H17ClN2OS2/c1-12-7-8-14(20)9-17(12)22-19(23)16-5-3-4-6-18(16)25-11-15-10-24-13(2)21-15/h3-10H,11H2,1-2H3,(H,22,23). The van der Waals surface area contributed by atoms with E-state index in [1.807, 2.05) is 50.2 Å². The maximum absolute atomic E-state index is 12.7. The Kier molecular flexibility index (Phi) is 5.78. The van der Waals surface area contributed by atoms with Gasteiger partial charge in [0.15, 0.2) is 0 Å². The van der Waals surface area contributed by atoms with Gasteiger partial charge in [-0.1, -0.05) is 29.8 Å². The van der Waals surface area contributed by atoms with Crippen molar-refractivity contribution in [2.75, 3.05) is 5.32 Å². The Morgan fingerprint density at radius 1 is 1.24 bits per heavy atom. The van der Waals surface area contributed by atoms with Gasteiger partial charge in [0.2, 0.25) is 0 Å². The number of hydrogen-bond acceptors (Lipinski definition) is 4. The molecule has 0 aliphatic rings. The summed E-state index contributed by atoms with van der Waals surface area (Å²) in [6.45, 7) is 3.94. The lowest BCUT2D eigenvalue weighted by atomic mass is 10.1. The Morgan fingerprint density at radius 3 is 2.80 bits per heavy atom. The number of nitrogens with one attached hydrogen (secondary N) is 1. The van der Waals surface area contributed by atoms with Crippen molar-refractivity contribution >= 4 is 46.3 Å². The highest BCUT2D eigenvalue weighted by atomic mass is 35.5. The summed E-state index contributed by atoms with van der Waals surface area (Å²) in [7, 11) is 0. The SMILES string of the molecule is Cc1nc(CSc2ccccc2C(=O)Nc2cc(Cl)ccc2C)cs1. The van der Waals surface area contributed by atoms with Crippen LogP contribution >= 0.6 is 34.7 Å². The summed E-state index contributed by atoms with van der Waals surface area (Å²) >= 11 is 9.29. The molecule has 0 atom stereocenters. The second-order valence-corrected chi connectivity index (χ2v) is 8.07. The molecule has 1 amide bonds. The van der Waals surface area contributed by atoms with Crippen molar-refractivity contribution in [3.05, 3.63) is 74.7 Å². The monoisotopic (exact) mass is 388 g/mol. The smallest absolute Gasteiger partial charge is 0.256 e. The molecule has 6 heteroatoms. The van der Waals surface area contributed by atoms with Crippen LogP contribution in [0.2, 0.25) is 5.02 Å². The van der Waals surface area contributed by atoms with E-state index in [1.165, 1.54) is 0 Å². The third-order valence-electron chi connectivity index (χ3n) is 3.62. The molecule has 0 radical (unpaired) electrons. The van der Waals surface area contributed by atoms with Crippen molar-refractivity contribution in [3.8, 4) is 0 Å². The van der Waals surface area contributed by atoms with E-state index < -0.39 is 0 Å². The van der Waals surface area contributed by atoms with Crippen molar-refractivity contribution in [2.45, 2.75) is 24.5 Å². The third kappa shape index (κ3) is 4.63. The van der Waals surface area contributed by atoms with Crippen molar-refractivity contribution in [3.63, 3.8) is 0 Å². The molecule has 25 heavy (non-hydrogen) atoms. The minimum absolute atomic E-state index is 0.136. The van der Waals surface area contributed by atoms with Gasteiger partial charge in [0.1, 0.15) is 0 Å². The highest BCUT2D eigenvalue weighted by molar-refractivity contribution is 7.98. The van der Waals surface area contributed by atoms with E-state index in [2.05, 4.69) is 15.7 Å². The van der Waals surface area contributed by atoms with E-state index in [0.717, 1.165) is 32.6 Å². The Bertz CT molecular complexity index is 908. The summed E-state index contributed by atoms with van der Waals surface area (Å²) in [4.78, 5) is 18.1. The molecule has 3 rings (SSSR count). The summed E-state index contributed by atoms with van der Waals surface area (Å²) in [6, 6.07) is 13.1. The molecule has 0 unspecified atom stereocenters. The van der Waals surface area contributed by atoms with E-state index in [0.29, 0.717) is 10.6 Å². The molecule has 1 N–H and O–H groups in total. The minimum atomic E-state index is -0.136. The number of hydrogen-bond donors (Lipinski definition) is 1. The van der Waals surface area contributed by atoms with Gasteiger partial charge in [-0.2, -0.15) is 0 Å². The van der Waals surface area contributed by atoms with Crippen molar-refractivity contribution in [1.29, 1.82) is 0 Å². The van der Waals surface area contributed by atoms with Gasteiger partial charge in [-0.15, -0.1) is 23.1 Å². The highest BCUT2D eigenvalue weighted by Crippen LogP contribution is 2.28. The van der Waals surface area contributed by atoms with Gasteiger partial charge in [-0.25, -0.2) is 4.98 Å². The summed E-state index contributed by atoms with van der Waals surface area (Å²) in [6.07, 6.45) is 0. The number of anilines is 1. The average molecular weight is 389 g/mol. The van der Waals surface area contributed by atoms with Crippen LogP contribution in [0.4, 0.5) is 5.69 Å². The summed E-state index contributed by atoms with van der Waals surface area (Å²) < 4.78 is 0. The third-order valence-corrected chi connectivity index (χ3v) is 5.79. The summed E-state index contributed by atoms with van der Waals surface area (Å²) in [5.74, 6) is 0.605. The predicted molar refractivity (Wildman–Crippen MR) is 107 cm³/mol. The second-order valence-electron chi connectivity index (χ2n) is 5.56. The van der Waals surface area contributed by atoms with Gasteiger partial charge in [0.25, 0.3) is 5.91 Å². The van der Waals surface area contributed by atoms with Gasteiger partial charge in [-0.05, 0) is 43.7 Å². The Labute approximate surface area is 160 Å². The van der Waals surface area contributed by atoms with Gasteiger partial charge < -0.3 is 5.32 Å². The number of nitrogens with zero attached hydrogens (tertiary/aromatic N) is 1. The number of carbonyl (C=O) groups is 1.